The van der Waals surface area contributed by atoms with Gasteiger partial charge in [-0.05, 0) is 56.3 Å². The van der Waals surface area contributed by atoms with E-state index in [1.54, 1.807) is 7.11 Å². The quantitative estimate of drug-likeness (QED) is 0.728. The van der Waals surface area contributed by atoms with Crippen molar-refractivity contribution in [3.8, 4) is 5.75 Å². The number of methoxy groups -OCH3 is 1. The Morgan fingerprint density at radius 2 is 1.91 bits per heavy atom. The van der Waals surface area contributed by atoms with E-state index in [1.807, 2.05) is 42.5 Å². The molecular formula is C26H32N2O4. The zero-order valence-corrected chi connectivity index (χ0v) is 19.0. The third-order valence-electron chi connectivity index (χ3n) is 7.07. The number of hydrogen-bond donors (Lipinski definition) is 1. The average Bonchev–Trinajstić information content (AvgIpc) is 2.80. The molecule has 0 radical (unpaired) electrons. The van der Waals surface area contributed by atoms with Gasteiger partial charge >= 0.3 is 5.97 Å². The number of hydrogen-bond acceptors (Lipinski definition) is 5. The Bertz CT molecular complexity index is 963. The molecule has 6 heteroatoms. The second-order valence-electron chi connectivity index (χ2n) is 9.13. The van der Waals surface area contributed by atoms with E-state index < -0.39 is 0 Å². The smallest absolute Gasteiger partial charge is 0.302 e. The largest absolute Gasteiger partial charge is 0.497 e. The molecule has 1 N–H and O–H groups in total. The van der Waals surface area contributed by atoms with Crippen molar-refractivity contribution in [2.45, 2.75) is 43.7 Å². The lowest BCUT2D eigenvalue weighted by molar-refractivity contribution is -0.156. The molecule has 1 heterocycles. The molecule has 0 bridgehead atoms. The number of carbonyl (C=O) groups excluding carboxylic acids is 2. The Morgan fingerprint density at radius 1 is 1.12 bits per heavy atom. The fraction of sp³-hybridized carbons (Fsp3) is 0.462. The summed E-state index contributed by atoms with van der Waals surface area (Å²) in [7, 11) is 3.79. The van der Waals surface area contributed by atoms with E-state index in [9.17, 15) is 9.59 Å². The summed E-state index contributed by atoms with van der Waals surface area (Å²) in [6.07, 6.45) is 2.07. The van der Waals surface area contributed by atoms with Gasteiger partial charge in [-0.3, -0.25) is 9.59 Å². The zero-order chi connectivity index (χ0) is 22.7. The second-order valence-corrected chi connectivity index (χ2v) is 9.13. The molecule has 2 fully saturated rings. The molecule has 170 valence electrons. The van der Waals surface area contributed by atoms with Crippen LogP contribution in [0.1, 0.15) is 42.1 Å². The normalized spacial score (nSPS) is 27.8. The number of likely N-dealkylation sites (tertiary alicyclic amines) is 1. The molecule has 0 aromatic heterocycles. The van der Waals surface area contributed by atoms with Crippen LogP contribution < -0.4 is 10.1 Å². The Hall–Kier alpha value is -2.86. The van der Waals surface area contributed by atoms with Crippen molar-refractivity contribution < 1.29 is 19.1 Å². The highest BCUT2D eigenvalue weighted by Gasteiger charge is 2.53. The third kappa shape index (κ3) is 4.51. The fourth-order valence-electron chi connectivity index (χ4n) is 5.59. The number of fused-ring (bicyclic) bond motifs is 1. The van der Waals surface area contributed by atoms with Crippen molar-refractivity contribution in [2.75, 3.05) is 27.2 Å². The van der Waals surface area contributed by atoms with Crippen molar-refractivity contribution in [1.82, 2.24) is 10.2 Å². The van der Waals surface area contributed by atoms with Crippen LogP contribution in [-0.2, 0) is 14.9 Å². The van der Waals surface area contributed by atoms with Crippen LogP contribution in [-0.4, -0.2) is 56.2 Å². The van der Waals surface area contributed by atoms with Crippen LogP contribution in [0.4, 0.5) is 0 Å². The van der Waals surface area contributed by atoms with E-state index in [0.29, 0.717) is 12.0 Å². The molecule has 1 aliphatic heterocycles. The molecule has 1 saturated carbocycles. The number of benzene rings is 2. The number of nitrogens with zero attached hydrogens (tertiary/aromatic N) is 1. The van der Waals surface area contributed by atoms with Crippen LogP contribution in [0, 0.1) is 5.92 Å². The summed E-state index contributed by atoms with van der Waals surface area (Å²) >= 11 is 0. The summed E-state index contributed by atoms with van der Waals surface area (Å²) in [4.78, 5) is 27.3. The average molecular weight is 437 g/mol. The standard InChI is InChI=1S/C26H32N2O4/c1-18(29)32-24-15-21(27-25(30)19-8-5-4-6-9-19)16-26(12-13-28(2)17-23(24)26)20-10-7-11-22(14-20)31-3/h4-11,14,21,23-24H,12-13,15-17H2,1-3H3,(H,27,30)/t21-,23-,24?,26-/m0/s1. The minimum atomic E-state index is -0.280. The fourth-order valence-corrected chi connectivity index (χ4v) is 5.59. The highest BCUT2D eigenvalue weighted by atomic mass is 16.5. The molecule has 6 nitrogen and oxygen atoms in total. The Kier molecular flexibility index (Phi) is 6.51. The van der Waals surface area contributed by atoms with Crippen molar-refractivity contribution in [3.63, 3.8) is 0 Å². The second kappa shape index (κ2) is 9.33. The van der Waals surface area contributed by atoms with Gasteiger partial charge in [-0.15, -0.1) is 0 Å². The molecule has 4 rings (SSSR count). The van der Waals surface area contributed by atoms with E-state index in [4.69, 9.17) is 9.47 Å². The minimum absolute atomic E-state index is 0.0932. The molecule has 4 atom stereocenters. The minimum Gasteiger partial charge on any atom is -0.497 e. The van der Waals surface area contributed by atoms with Crippen LogP contribution in [0.5, 0.6) is 5.75 Å². The monoisotopic (exact) mass is 436 g/mol. The zero-order valence-electron chi connectivity index (χ0n) is 19.0. The predicted octanol–water partition coefficient (Wildman–Crippen LogP) is 3.41. The Balaban J connectivity index is 1.70. The molecular weight excluding hydrogens is 404 g/mol. The maximum atomic E-state index is 12.9. The summed E-state index contributed by atoms with van der Waals surface area (Å²) in [6, 6.07) is 17.4. The first kappa shape index (κ1) is 22.3. The molecule has 2 aromatic rings. The lowest BCUT2D eigenvalue weighted by atomic mass is 9.57. The number of piperidine rings is 1. The van der Waals surface area contributed by atoms with Gasteiger partial charge in [-0.2, -0.15) is 0 Å². The van der Waals surface area contributed by atoms with Crippen molar-refractivity contribution in [3.05, 3.63) is 65.7 Å². The van der Waals surface area contributed by atoms with Gasteiger partial charge < -0.3 is 19.7 Å². The number of carbonyl (C=O) groups is 2. The van der Waals surface area contributed by atoms with Gasteiger partial charge in [0.2, 0.25) is 0 Å². The number of amides is 1. The van der Waals surface area contributed by atoms with Crippen LogP contribution in [0.25, 0.3) is 0 Å². The molecule has 1 amide bonds. The van der Waals surface area contributed by atoms with E-state index in [1.165, 1.54) is 12.5 Å². The molecule has 32 heavy (non-hydrogen) atoms. The van der Waals surface area contributed by atoms with Gasteiger partial charge in [0.15, 0.2) is 0 Å². The Labute approximate surface area is 189 Å². The van der Waals surface area contributed by atoms with Crippen LogP contribution in [0.2, 0.25) is 0 Å². The first-order valence-corrected chi connectivity index (χ1v) is 11.3. The summed E-state index contributed by atoms with van der Waals surface area (Å²) in [5.41, 5.74) is 1.61. The molecule has 2 aromatic carbocycles. The van der Waals surface area contributed by atoms with Crippen molar-refractivity contribution in [1.29, 1.82) is 0 Å². The number of nitrogens with one attached hydrogen (secondary N) is 1. The third-order valence-corrected chi connectivity index (χ3v) is 7.07. The SMILES string of the molecule is COc1cccc([C@@]23CCN(C)C[C@H]2C(OC(C)=O)C[C@H](NC(=O)c2ccccc2)C3)c1. The van der Waals surface area contributed by atoms with Crippen molar-refractivity contribution >= 4 is 11.9 Å². The molecule has 0 spiro atoms. The highest BCUT2D eigenvalue weighted by molar-refractivity contribution is 5.94. The Morgan fingerprint density at radius 3 is 2.62 bits per heavy atom. The van der Waals surface area contributed by atoms with E-state index in [0.717, 1.165) is 31.7 Å². The van der Waals surface area contributed by atoms with Gasteiger partial charge in [0, 0.05) is 42.8 Å². The van der Waals surface area contributed by atoms with Gasteiger partial charge in [-0.1, -0.05) is 30.3 Å². The van der Waals surface area contributed by atoms with Crippen LogP contribution in [0.3, 0.4) is 0 Å². The van der Waals surface area contributed by atoms with Gasteiger partial charge in [0.1, 0.15) is 11.9 Å². The summed E-state index contributed by atoms with van der Waals surface area (Å²) < 4.78 is 11.4. The molecule has 1 saturated heterocycles. The summed E-state index contributed by atoms with van der Waals surface area (Å²) in [6.45, 7) is 3.25. The molecule has 1 unspecified atom stereocenters. The van der Waals surface area contributed by atoms with Crippen LogP contribution in [0.15, 0.2) is 54.6 Å². The van der Waals surface area contributed by atoms with E-state index >= 15 is 0 Å². The maximum Gasteiger partial charge on any atom is 0.302 e. The number of ether oxygens (including phenoxy) is 2. The van der Waals surface area contributed by atoms with Gasteiger partial charge in [0.05, 0.1) is 7.11 Å². The lowest BCUT2D eigenvalue weighted by Gasteiger charge is -2.55. The topological polar surface area (TPSA) is 67.9 Å². The number of rotatable bonds is 5. The molecule has 1 aliphatic carbocycles. The van der Waals surface area contributed by atoms with Crippen LogP contribution >= 0.6 is 0 Å². The number of esters is 1. The lowest BCUT2D eigenvalue weighted by Crippen LogP contribution is -2.61. The van der Waals surface area contributed by atoms with E-state index in [-0.39, 0.29) is 35.4 Å². The van der Waals surface area contributed by atoms with E-state index in [2.05, 4.69) is 29.4 Å². The highest BCUT2D eigenvalue weighted by Crippen LogP contribution is 2.50. The first-order valence-electron chi connectivity index (χ1n) is 11.3. The molecule has 2 aliphatic rings. The van der Waals surface area contributed by atoms with Gasteiger partial charge in [-0.25, -0.2) is 0 Å². The van der Waals surface area contributed by atoms with Gasteiger partial charge in [0.25, 0.3) is 5.91 Å². The maximum absolute atomic E-state index is 12.9. The predicted molar refractivity (Wildman–Crippen MR) is 123 cm³/mol. The summed E-state index contributed by atoms with van der Waals surface area (Å²) in [5, 5.41) is 3.23. The summed E-state index contributed by atoms with van der Waals surface area (Å²) in [5.74, 6) is 0.582. The van der Waals surface area contributed by atoms with Crippen molar-refractivity contribution in [2.24, 2.45) is 5.92 Å². The first-order chi connectivity index (χ1) is 15.4.